The third-order valence-corrected chi connectivity index (χ3v) is 3.07. The molecule has 0 bridgehead atoms. The highest BCUT2D eigenvalue weighted by atomic mass is 16.5. The monoisotopic (exact) mass is 204 g/mol. The number of carbonyl (C=O) groups is 1. The van der Waals surface area contributed by atoms with Crippen LogP contribution in [-0.4, -0.2) is 25.1 Å². The molecule has 2 atom stereocenters. The second-order valence-corrected chi connectivity index (χ2v) is 3.99. The predicted octanol–water partition coefficient (Wildman–Crippen LogP) is 1.67. The molecule has 1 saturated heterocycles. The molecule has 0 N–H and O–H groups in total. The van der Waals surface area contributed by atoms with Crippen LogP contribution in [0.3, 0.4) is 0 Å². The zero-order valence-electron chi connectivity index (χ0n) is 8.31. The summed E-state index contributed by atoms with van der Waals surface area (Å²) in [6.45, 7) is 1.20. The Morgan fingerprint density at radius 3 is 3.07 bits per heavy atom. The van der Waals surface area contributed by atoms with E-state index in [1.807, 2.05) is 24.3 Å². The molecule has 15 heavy (non-hydrogen) atoms. The van der Waals surface area contributed by atoms with Gasteiger partial charge in [0.15, 0.2) is 5.78 Å². The largest absolute Gasteiger partial charge is 0.486 e. The topological polar surface area (TPSA) is 35.5 Å². The third kappa shape index (κ3) is 1.35. The minimum absolute atomic E-state index is 0.00588. The zero-order chi connectivity index (χ0) is 10.3. The lowest BCUT2D eigenvalue weighted by molar-refractivity contribution is -0.0289. The molecule has 1 aromatic rings. The molecule has 2 heterocycles. The lowest BCUT2D eigenvalue weighted by Gasteiger charge is -2.35. The SMILES string of the molecule is O=C1c2ccccc2OC2COCCC12. The van der Waals surface area contributed by atoms with Crippen LogP contribution in [0.15, 0.2) is 24.3 Å². The first-order chi connectivity index (χ1) is 7.36. The molecule has 3 heteroatoms. The second kappa shape index (κ2) is 3.35. The quantitative estimate of drug-likeness (QED) is 0.644. The fourth-order valence-electron chi connectivity index (χ4n) is 2.26. The maximum atomic E-state index is 12.1. The molecule has 3 rings (SSSR count). The van der Waals surface area contributed by atoms with Gasteiger partial charge in [-0.25, -0.2) is 0 Å². The first kappa shape index (κ1) is 8.92. The fraction of sp³-hybridized carbons (Fsp3) is 0.417. The summed E-state index contributed by atoms with van der Waals surface area (Å²) in [5, 5.41) is 0. The Balaban J connectivity index is 2.02. The molecular formula is C12H12O3. The van der Waals surface area contributed by atoms with E-state index in [1.54, 1.807) is 0 Å². The summed E-state index contributed by atoms with van der Waals surface area (Å²) in [6.07, 6.45) is 0.693. The van der Waals surface area contributed by atoms with Crippen LogP contribution in [0.1, 0.15) is 16.8 Å². The maximum absolute atomic E-state index is 12.1. The Morgan fingerprint density at radius 1 is 1.27 bits per heavy atom. The lowest BCUT2D eigenvalue weighted by atomic mass is 9.86. The minimum atomic E-state index is -0.0823. The Bertz CT molecular complexity index is 400. The van der Waals surface area contributed by atoms with E-state index in [4.69, 9.17) is 9.47 Å². The Hall–Kier alpha value is -1.35. The van der Waals surface area contributed by atoms with Gasteiger partial charge < -0.3 is 9.47 Å². The molecule has 0 saturated carbocycles. The highest BCUT2D eigenvalue weighted by molar-refractivity contribution is 6.01. The van der Waals surface area contributed by atoms with E-state index in [0.717, 1.165) is 12.0 Å². The molecule has 0 spiro atoms. The standard InChI is InChI=1S/C12H12O3/c13-12-8-3-1-2-4-10(8)15-11-7-14-6-5-9(11)12/h1-4,9,11H,5-7H2. The number of para-hydroxylation sites is 1. The lowest BCUT2D eigenvalue weighted by Crippen LogP contribution is -2.44. The molecule has 3 nitrogen and oxygen atoms in total. The summed E-state index contributed by atoms with van der Waals surface area (Å²) < 4.78 is 11.1. The van der Waals surface area contributed by atoms with Gasteiger partial charge in [-0.1, -0.05) is 12.1 Å². The highest BCUT2D eigenvalue weighted by Gasteiger charge is 2.38. The zero-order valence-corrected chi connectivity index (χ0v) is 8.31. The normalized spacial score (nSPS) is 28.9. The smallest absolute Gasteiger partial charge is 0.173 e. The van der Waals surface area contributed by atoms with E-state index >= 15 is 0 Å². The number of ether oxygens (including phenoxy) is 2. The third-order valence-electron chi connectivity index (χ3n) is 3.07. The van der Waals surface area contributed by atoms with E-state index in [-0.39, 0.29) is 17.8 Å². The first-order valence-corrected chi connectivity index (χ1v) is 5.24. The number of ketones is 1. The number of benzene rings is 1. The van der Waals surface area contributed by atoms with Gasteiger partial charge in [-0.3, -0.25) is 4.79 Å². The van der Waals surface area contributed by atoms with Crippen LogP contribution in [0.5, 0.6) is 5.75 Å². The van der Waals surface area contributed by atoms with Crippen LogP contribution in [-0.2, 0) is 4.74 Å². The number of carbonyl (C=O) groups excluding carboxylic acids is 1. The van der Waals surface area contributed by atoms with Gasteiger partial charge in [0.1, 0.15) is 11.9 Å². The Morgan fingerprint density at radius 2 is 2.13 bits per heavy atom. The molecular weight excluding hydrogens is 192 g/mol. The predicted molar refractivity (Wildman–Crippen MR) is 54.1 cm³/mol. The molecule has 78 valence electrons. The van der Waals surface area contributed by atoms with E-state index in [9.17, 15) is 4.79 Å². The molecule has 0 aromatic heterocycles. The van der Waals surface area contributed by atoms with Crippen LogP contribution >= 0.6 is 0 Å². The van der Waals surface area contributed by atoms with Crippen molar-refractivity contribution in [1.82, 2.24) is 0 Å². The van der Waals surface area contributed by atoms with Crippen LogP contribution in [0.25, 0.3) is 0 Å². The second-order valence-electron chi connectivity index (χ2n) is 3.99. The molecule has 0 amide bonds. The summed E-state index contributed by atoms with van der Waals surface area (Å²) in [5.41, 5.74) is 0.723. The van der Waals surface area contributed by atoms with Gasteiger partial charge in [0.05, 0.1) is 18.1 Å². The van der Waals surface area contributed by atoms with Gasteiger partial charge in [-0.2, -0.15) is 0 Å². The first-order valence-electron chi connectivity index (χ1n) is 5.24. The Labute approximate surface area is 88.0 Å². The molecule has 1 aromatic carbocycles. The number of hydrogen-bond donors (Lipinski definition) is 0. The molecule has 0 aliphatic carbocycles. The van der Waals surface area contributed by atoms with Crippen molar-refractivity contribution in [2.24, 2.45) is 5.92 Å². The number of Topliss-reactive ketones (excluding diaryl/α,β-unsaturated/α-hetero) is 1. The van der Waals surface area contributed by atoms with E-state index in [1.165, 1.54) is 0 Å². The highest BCUT2D eigenvalue weighted by Crippen LogP contribution is 2.33. The van der Waals surface area contributed by atoms with Crippen LogP contribution in [0.2, 0.25) is 0 Å². The molecule has 2 aliphatic heterocycles. The van der Waals surface area contributed by atoms with Gasteiger partial charge in [0.2, 0.25) is 0 Å². The van der Waals surface area contributed by atoms with Gasteiger partial charge in [0, 0.05) is 6.61 Å². The molecule has 1 fully saturated rings. The average molecular weight is 204 g/mol. The minimum Gasteiger partial charge on any atom is -0.486 e. The summed E-state index contributed by atoms with van der Waals surface area (Å²) in [6, 6.07) is 7.44. The Kier molecular flexibility index (Phi) is 1.99. The summed E-state index contributed by atoms with van der Waals surface area (Å²) in [7, 11) is 0. The van der Waals surface area contributed by atoms with Crippen molar-refractivity contribution in [3.63, 3.8) is 0 Å². The van der Waals surface area contributed by atoms with Crippen molar-refractivity contribution < 1.29 is 14.3 Å². The molecule has 0 radical (unpaired) electrons. The molecule has 2 unspecified atom stereocenters. The maximum Gasteiger partial charge on any atom is 0.173 e. The van der Waals surface area contributed by atoms with Gasteiger partial charge in [0.25, 0.3) is 0 Å². The average Bonchev–Trinajstić information content (AvgIpc) is 2.30. The van der Waals surface area contributed by atoms with E-state index < -0.39 is 0 Å². The van der Waals surface area contributed by atoms with Crippen molar-refractivity contribution in [3.8, 4) is 5.75 Å². The summed E-state index contributed by atoms with van der Waals surface area (Å²) >= 11 is 0. The van der Waals surface area contributed by atoms with Gasteiger partial charge >= 0.3 is 0 Å². The van der Waals surface area contributed by atoms with Crippen LogP contribution < -0.4 is 4.74 Å². The van der Waals surface area contributed by atoms with Gasteiger partial charge in [-0.05, 0) is 18.6 Å². The van der Waals surface area contributed by atoms with Gasteiger partial charge in [-0.15, -0.1) is 0 Å². The van der Waals surface area contributed by atoms with E-state index in [2.05, 4.69) is 0 Å². The summed E-state index contributed by atoms with van der Waals surface area (Å²) in [5.74, 6) is 0.910. The van der Waals surface area contributed by atoms with Crippen molar-refractivity contribution in [1.29, 1.82) is 0 Å². The number of fused-ring (bicyclic) bond motifs is 2. The number of rotatable bonds is 0. The summed E-state index contributed by atoms with van der Waals surface area (Å²) in [4.78, 5) is 12.1. The van der Waals surface area contributed by atoms with Crippen LogP contribution in [0, 0.1) is 5.92 Å². The van der Waals surface area contributed by atoms with Crippen molar-refractivity contribution in [3.05, 3.63) is 29.8 Å². The molecule has 2 aliphatic rings. The van der Waals surface area contributed by atoms with Crippen LogP contribution in [0.4, 0.5) is 0 Å². The van der Waals surface area contributed by atoms with Crippen molar-refractivity contribution in [2.75, 3.05) is 13.2 Å². The van der Waals surface area contributed by atoms with Crippen molar-refractivity contribution in [2.45, 2.75) is 12.5 Å². The van der Waals surface area contributed by atoms with E-state index in [0.29, 0.717) is 19.0 Å². The number of hydrogen-bond acceptors (Lipinski definition) is 3. The fourth-order valence-corrected chi connectivity index (χ4v) is 2.26. The van der Waals surface area contributed by atoms with Crippen molar-refractivity contribution >= 4 is 5.78 Å².